The molecule has 2 heterocycles. The van der Waals surface area contributed by atoms with Gasteiger partial charge in [-0.15, -0.1) is 0 Å². The van der Waals surface area contributed by atoms with Gasteiger partial charge < -0.3 is 15.1 Å². The van der Waals surface area contributed by atoms with Crippen molar-refractivity contribution in [1.29, 1.82) is 0 Å². The number of urea groups is 1. The van der Waals surface area contributed by atoms with E-state index in [1.54, 1.807) is 0 Å². The number of thioether (sulfide) groups is 1. The van der Waals surface area contributed by atoms with Crippen molar-refractivity contribution in [2.24, 2.45) is 5.92 Å². The van der Waals surface area contributed by atoms with Gasteiger partial charge in [-0.2, -0.15) is 11.8 Å². The first kappa shape index (κ1) is 17.9. The molecule has 1 N–H and O–H groups in total. The predicted molar refractivity (Wildman–Crippen MR) is 98.2 cm³/mol. The fourth-order valence-corrected chi connectivity index (χ4v) is 5.12. The highest BCUT2D eigenvalue weighted by Gasteiger charge is 2.27. The number of piperazine rings is 1. The number of hydrogen-bond acceptors (Lipinski definition) is 3. The molecule has 0 aromatic carbocycles. The fraction of sp³-hybridized carbons (Fsp3) is 0.889. The van der Waals surface area contributed by atoms with Gasteiger partial charge in [0.1, 0.15) is 0 Å². The maximum Gasteiger partial charge on any atom is 0.317 e. The van der Waals surface area contributed by atoms with Crippen molar-refractivity contribution in [3.8, 4) is 0 Å². The van der Waals surface area contributed by atoms with E-state index in [1.165, 1.54) is 44.3 Å². The van der Waals surface area contributed by atoms with Crippen molar-refractivity contribution < 1.29 is 9.59 Å². The van der Waals surface area contributed by atoms with Crippen LogP contribution in [0.5, 0.6) is 0 Å². The molecular weight excluding hydrogens is 322 g/mol. The predicted octanol–water partition coefficient (Wildman–Crippen LogP) is 2.71. The number of amides is 3. The third-order valence-electron chi connectivity index (χ3n) is 5.60. The van der Waals surface area contributed by atoms with Crippen LogP contribution >= 0.6 is 11.8 Å². The number of rotatable bonds is 3. The maximum absolute atomic E-state index is 12.5. The fourth-order valence-electron chi connectivity index (χ4n) is 4.05. The monoisotopic (exact) mass is 353 g/mol. The van der Waals surface area contributed by atoms with Gasteiger partial charge in [0.05, 0.1) is 0 Å². The molecule has 1 saturated carbocycles. The summed E-state index contributed by atoms with van der Waals surface area (Å²) in [4.78, 5) is 28.7. The third kappa shape index (κ3) is 5.04. The zero-order valence-corrected chi connectivity index (χ0v) is 15.5. The number of hydrogen-bond donors (Lipinski definition) is 1. The molecule has 1 unspecified atom stereocenters. The van der Waals surface area contributed by atoms with Crippen LogP contribution < -0.4 is 5.32 Å². The van der Waals surface area contributed by atoms with Crippen LogP contribution in [0.25, 0.3) is 0 Å². The molecule has 3 amide bonds. The molecule has 3 rings (SSSR count). The largest absolute Gasteiger partial charge is 0.339 e. The average Bonchev–Trinajstić information content (AvgIpc) is 2.63. The van der Waals surface area contributed by atoms with E-state index < -0.39 is 0 Å². The van der Waals surface area contributed by atoms with Gasteiger partial charge in [0.15, 0.2) is 0 Å². The quantitative estimate of drug-likeness (QED) is 0.849. The van der Waals surface area contributed by atoms with Gasteiger partial charge in [-0.1, -0.05) is 19.3 Å². The van der Waals surface area contributed by atoms with Crippen LogP contribution in [-0.4, -0.2) is 65.5 Å². The minimum atomic E-state index is 0.0573. The van der Waals surface area contributed by atoms with Crippen LogP contribution in [0, 0.1) is 5.92 Å². The summed E-state index contributed by atoms with van der Waals surface area (Å²) >= 11 is 1.93. The van der Waals surface area contributed by atoms with Crippen molar-refractivity contribution in [2.75, 3.05) is 37.7 Å². The molecule has 1 atom stereocenters. The molecule has 5 nitrogen and oxygen atoms in total. The Morgan fingerprint density at radius 1 is 0.917 bits per heavy atom. The molecule has 0 radical (unpaired) electrons. The molecule has 6 heteroatoms. The molecule has 0 bridgehead atoms. The number of carbonyl (C=O) groups is 2. The summed E-state index contributed by atoms with van der Waals surface area (Å²) in [7, 11) is 0. The summed E-state index contributed by atoms with van der Waals surface area (Å²) < 4.78 is 0. The Morgan fingerprint density at radius 2 is 1.62 bits per heavy atom. The first-order valence-corrected chi connectivity index (χ1v) is 10.8. The topological polar surface area (TPSA) is 52.7 Å². The van der Waals surface area contributed by atoms with Crippen LogP contribution in [0.3, 0.4) is 0 Å². The number of nitrogens with one attached hydrogen (secondary N) is 1. The molecule has 0 spiro atoms. The Bertz CT molecular complexity index is 386. The summed E-state index contributed by atoms with van der Waals surface area (Å²) in [5, 5.41) is 3.16. The second-order valence-corrected chi connectivity index (χ2v) is 8.59. The second kappa shape index (κ2) is 8.97. The van der Waals surface area contributed by atoms with Gasteiger partial charge >= 0.3 is 6.03 Å². The molecule has 2 saturated heterocycles. The highest BCUT2D eigenvalue weighted by atomic mass is 32.2. The normalized spacial score (nSPS) is 26.2. The maximum atomic E-state index is 12.5. The Balaban J connectivity index is 1.38. The molecule has 136 valence electrons. The minimum Gasteiger partial charge on any atom is -0.339 e. The lowest BCUT2D eigenvalue weighted by Gasteiger charge is -2.36. The summed E-state index contributed by atoms with van der Waals surface area (Å²) in [6.07, 6.45) is 9.33. The van der Waals surface area contributed by atoms with E-state index in [4.69, 9.17) is 0 Å². The lowest BCUT2D eigenvalue weighted by Crippen LogP contribution is -2.55. The summed E-state index contributed by atoms with van der Waals surface area (Å²) in [5.41, 5.74) is 0. The lowest BCUT2D eigenvalue weighted by atomic mass is 9.86. The van der Waals surface area contributed by atoms with Gasteiger partial charge in [-0.3, -0.25) is 4.79 Å². The smallest absolute Gasteiger partial charge is 0.317 e. The van der Waals surface area contributed by atoms with Crippen LogP contribution in [0.2, 0.25) is 0 Å². The highest BCUT2D eigenvalue weighted by molar-refractivity contribution is 7.99. The van der Waals surface area contributed by atoms with Gasteiger partial charge in [-0.05, 0) is 37.4 Å². The van der Waals surface area contributed by atoms with Gasteiger partial charge in [0.2, 0.25) is 5.91 Å². The van der Waals surface area contributed by atoms with Crippen LogP contribution in [-0.2, 0) is 4.79 Å². The summed E-state index contributed by atoms with van der Waals surface area (Å²) in [5.74, 6) is 3.14. The zero-order chi connectivity index (χ0) is 16.8. The van der Waals surface area contributed by atoms with E-state index in [0.717, 1.165) is 12.2 Å². The number of nitrogens with zero attached hydrogens (tertiary/aromatic N) is 2. The summed E-state index contributed by atoms with van der Waals surface area (Å²) in [6, 6.07) is 0.379. The Labute approximate surface area is 149 Å². The SMILES string of the molecule is O=C(CC1CCCCC1)N1CCN(C(=O)NC2CCCSC2)CC1. The molecule has 24 heavy (non-hydrogen) atoms. The van der Waals surface area contributed by atoms with Crippen molar-refractivity contribution >= 4 is 23.7 Å². The van der Waals surface area contributed by atoms with Crippen LogP contribution in [0.1, 0.15) is 51.4 Å². The van der Waals surface area contributed by atoms with Crippen molar-refractivity contribution in [3.05, 3.63) is 0 Å². The first-order valence-electron chi connectivity index (χ1n) is 9.63. The van der Waals surface area contributed by atoms with Gasteiger partial charge in [-0.25, -0.2) is 4.79 Å². The van der Waals surface area contributed by atoms with Gasteiger partial charge in [0, 0.05) is 44.4 Å². The average molecular weight is 354 g/mol. The minimum absolute atomic E-state index is 0.0573. The molecule has 0 aromatic heterocycles. The van der Waals surface area contributed by atoms with Crippen LogP contribution in [0.4, 0.5) is 4.79 Å². The van der Waals surface area contributed by atoms with E-state index in [1.807, 2.05) is 21.6 Å². The Hall–Kier alpha value is -0.910. The van der Waals surface area contributed by atoms with Crippen molar-refractivity contribution in [2.45, 2.75) is 57.4 Å². The van der Waals surface area contributed by atoms with E-state index in [2.05, 4.69) is 5.32 Å². The van der Waals surface area contributed by atoms with Crippen molar-refractivity contribution in [1.82, 2.24) is 15.1 Å². The van der Waals surface area contributed by atoms with E-state index in [9.17, 15) is 9.59 Å². The molecule has 1 aliphatic carbocycles. The number of carbonyl (C=O) groups excluding carboxylic acids is 2. The second-order valence-electron chi connectivity index (χ2n) is 7.44. The van der Waals surface area contributed by atoms with Crippen molar-refractivity contribution in [3.63, 3.8) is 0 Å². The molecule has 3 fully saturated rings. The molecule has 3 aliphatic rings. The third-order valence-corrected chi connectivity index (χ3v) is 6.81. The molecule has 2 aliphatic heterocycles. The van der Waals surface area contributed by atoms with Gasteiger partial charge in [0.25, 0.3) is 0 Å². The molecular formula is C18H31N3O2S. The zero-order valence-electron chi connectivity index (χ0n) is 14.7. The van der Waals surface area contributed by atoms with E-state index in [-0.39, 0.29) is 6.03 Å². The Kier molecular flexibility index (Phi) is 6.69. The Morgan fingerprint density at radius 3 is 2.29 bits per heavy atom. The lowest BCUT2D eigenvalue weighted by molar-refractivity contribution is -0.133. The molecule has 0 aromatic rings. The van der Waals surface area contributed by atoms with Crippen LogP contribution in [0.15, 0.2) is 0 Å². The van der Waals surface area contributed by atoms with E-state index >= 15 is 0 Å². The summed E-state index contributed by atoms with van der Waals surface area (Å²) in [6.45, 7) is 2.72. The first-order chi connectivity index (χ1) is 11.7. The standard InChI is InChI=1S/C18H31N3O2S/c22-17(13-15-5-2-1-3-6-15)20-8-10-21(11-9-20)18(23)19-16-7-4-12-24-14-16/h15-16H,1-14H2,(H,19,23). The highest BCUT2D eigenvalue weighted by Crippen LogP contribution is 2.27. The van der Waals surface area contributed by atoms with E-state index in [0.29, 0.717) is 50.5 Å².